The second kappa shape index (κ2) is 8.68. The summed E-state index contributed by atoms with van der Waals surface area (Å²) in [7, 11) is 0. The van der Waals surface area contributed by atoms with Gasteiger partial charge in [-0.3, -0.25) is 19.7 Å². The number of nitrogens with one attached hydrogen (secondary N) is 1. The zero-order valence-corrected chi connectivity index (χ0v) is 16.1. The highest BCUT2D eigenvalue weighted by molar-refractivity contribution is 6.33. The smallest absolute Gasteiger partial charge is 0.265 e. The maximum absolute atomic E-state index is 14.4. The number of rotatable bonds is 4. The van der Waals surface area contributed by atoms with E-state index in [0.717, 1.165) is 5.56 Å². The Morgan fingerprint density at radius 2 is 1.75 bits per heavy atom. The third-order valence-electron chi connectivity index (χ3n) is 4.94. The average molecular weight is 406 g/mol. The lowest BCUT2D eigenvalue weighted by Crippen LogP contribution is -2.52. The van der Waals surface area contributed by atoms with Crippen LogP contribution in [-0.4, -0.2) is 53.0 Å². The Morgan fingerprint density at radius 1 is 1.11 bits per heavy atom. The van der Waals surface area contributed by atoms with Gasteiger partial charge >= 0.3 is 0 Å². The second-order valence-electron chi connectivity index (χ2n) is 6.67. The van der Waals surface area contributed by atoms with Crippen molar-refractivity contribution in [3.05, 3.63) is 70.0 Å². The molecule has 0 aliphatic carbocycles. The minimum absolute atomic E-state index is 0.0809. The molecule has 2 aromatic carbocycles. The maximum Gasteiger partial charge on any atom is 0.265 e. The minimum Gasteiger partial charge on any atom is -0.336 e. The molecule has 0 bridgehead atoms. The van der Waals surface area contributed by atoms with Crippen molar-refractivity contribution in [2.45, 2.75) is 13.0 Å². The molecule has 1 unspecified atom stereocenters. The highest BCUT2D eigenvalue weighted by Gasteiger charge is 2.33. The third-order valence-corrected chi connectivity index (χ3v) is 5.25. The summed E-state index contributed by atoms with van der Waals surface area (Å²) in [5, 5.41) is 9.21. The fourth-order valence-corrected chi connectivity index (χ4v) is 3.65. The quantitative estimate of drug-likeness (QED) is 0.606. The van der Waals surface area contributed by atoms with Gasteiger partial charge in [-0.15, -0.1) is 0 Å². The second-order valence-corrected chi connectivity index (χ2v) is 7.08. The summed E-state index contributed by atoms with van der Waals surface area (Å²) in [6.45, 7) is 2.99. The molecule has 1 aliphatic heterocycles. The van der Waals surface area contributed by atoms with Crippen molar-refractivity contribution in [1.29, 1.82) is 0 Å². The largest absolute Gasteiger partial charge is 0.336 e. The Balaban J connectivity index is 1.76. The van der Waals surface area contributed by atoms with Crippen LogP contribution in [0.15, 0.2) is 42.5 Å². The average Bonchev–Trinajstić information content (AvgIpc) is 2.72. The SMILES string of the molecule is Cc1ccc(Cl)c(C(=O)N2CCN(C(C(=O)NO)c3ccccc3)CC2)c1F. The molecule has 1 fully saturated rings. The first kappa shape index (κ1) is 20.3. The Kier molecular flexibility index (Phi) is 6.28. The molecule has 1 aliphatic rings. The van der Waals surface area contributed by atoms with E-state index < -0.39 is 23.7 Å². The first-order valence-corrected chi connectivity index (χ1v) is 9.28. The van der Waals surface area contributed by atoms with Crippen LogP contribution in [-0.2, 0) is 4.79 Å². The number of aryl methyl sites for hydroxylation is 1. The summed E-state index contributed by atoms with van der Waals surface area (Å²) in [5.74, 6) is -1.62. The van der Waals surface area contributed by atoms with Gasteiger partial charge in [0.05, 0.1) is 10.6 Å². The molecule has 1 atom stereocenters. The van der Waals surface area contributed by atoms with Gasteiger partial charge in [-0.1, -0.05) is 48.0 Å². The predicted octanol–water partition coefficient (Wildman–Crippen LogP) is 2.79. The van der Waals surface area contributed by atoms with Crippen LogP contribution in [0.4, 0.5) is 4.39 Å². The van der Waals surface area contributed by atoms with Crippen LogP contribution in [0, 0.1) is 12.7 Å². The highest BCUT2D eigenvalue weighted by atomic mass is 35.5. The number of amides is 2. The lowest BCUT2D eigenvalue weighted by atomic mass is 10.0. The molecule has 1 saturated heterocycles. The van der Waals surface area contributed by atoms with Crippen molar-refractivity contribution in [1.82, 2.24) is 15.3 Å². The number of carbonyl (C=O) groups excluding carboxylic acids is 2. The lowest BCUT2D eigenvalue weighted by Gasteiger charge is -2.38. The number of nitrogens with zero attached hydrogens (tertiary/aromatic N) is 2. The van der Waals surface area contributed by atoms with Gasteiger partial charge in [-0.25, -0.2) is 9.87 Å². The van der Waals surface area contributed by atoms with Gasteiger partial charge in [-0.05, 0) is 24.1 Å². The van der Waals surface area contributed by atoms with E-state index in [1.165, 1.54) is 17.0 Å². The molecular formula is C20H21ClFN3O3. The van der Waals surface area contributed by atoms with Gasteiger partial charge in [-0.2, -0.15) is 0 Å². The summed E-state index contributed by atoms with van der Waals surface area (Å²) in [5.41, 5.74) is 2.69. The molecule has 0 spiro atoms. The topological polar surface area (TPSA) is 72.9 Å². The molecule has 148 valence electrons. The van der Waals surface area contributed by atoms with Gasteiger partial charge in [0.1, 0.15) is 11.9 Å². The summed E-state index contributed by atoms with van der Waals surface area (Å²) >= 11 is 6.06. The van der Waals surface area contributed by atoms with Crippen molar-refractivity contribution < 1.29 is 19.2 Å². The monoisotopic (exact) mass is 405 g/mol. The molecule has 2 N–H and O–H groups in total. The number of piperazine rings is 1. The summed E-state index contributed by atoms with van der Waals surface area (Å²) in [6.07, 6.45) is 0. The molecule has 0 saturated carbocycles. The molecule has 28 heavy (non-hydrogen) atoms. The number of hydrogen-bond donors (Lipinski definition) is 2. The molecular weight excluding hydrogens is 385 g/mol. The number of carbonyl (C=O) groups is 2. The Hall–Kier alpha value is -2.48. The van der Waals surface area contributed by atoms with E-state index in [9.17, 15) is 14.0 Å². The van der Waals surface area contributed by atoms with Crippen LogP contribution in [0.3, 0.4) is 0 Å². The van der Waals surface area contributed by atoms with Crippen LogP contribution >= 0.6 is 11.6 Å². The maximum atomic E-state index is 14.4. The van der Waals surface area contributed by atoms with E-state index in [2.05, 4.69) is 0 Å². The molecule has 1 heterocycles. The van der Waals surface area contributed by atoms with Crippen LogP contribution in [0.25, 0.3) is 0 Å². The first-order valence-electron chi connectivity index (χ1n) is 8.91. The van der Waals surface area contributed by atoms with Gasteiger partial charge in [0.2, 0.25) is 0 Å². The van der Waals surface area contributed by atoms with Gasteiger partial charge in [0, 0.05) is 26.2 Å². The zero-order chi connectivity index (χ0) is 20.3. The van der Waals surface area contributed by atoms with Crippen LogP contribution in [0.1, 0.15) is 27.5 Å². The number of hydroxylamine groups is 1. The minimum atomic E-state index is -0.678. The van der Waals surface area contributed by atoms with Gasteiger partial charge in [0.15, 0.2) is 0 Å². The third kappa shape index (κ3) is 4.01. The molecule has 0 aromatic heterocycles. The van der Waals surface area contributed by atoms with Crippen molar-refractivity contribution in [3.8, 4) is 0 Å². The van der Waals surface area contributed by atoms with E-state index in [1.807, 2.05) is 23.1 Å². The molecule has 3 rings (SSSR count). The van der Waals surface area contributed by atoms with Crippen molar-refractivity contribution in [2.24, 2.45) is 0 Å². The Labute approximate surface area is 167 Å². The fraction of sp³-hybridized carbons (Fsp3) is 0.300. The Morgan fingerprint density at radius 3 is 2.36 bits per heavy atom. The number of halogens is 2. The summed E-state index contributed by atoms with van der Waals surface area (Å²) in [6, 6.07) is 11.4. The van der Waals surface area contributed by atoms with Crippen LogP contribution in [0.2, 0.25) is 5.02 Å². The first-order chi connectivity index (χ1) is 13.4. The van der Waals surface area contributed by atoms with Crippen molar-refractivity contribution >= 4 is 23.4 Å². The Bertz CT molecular complexity index is 870. The molecule has 8 heteroatoms. The van der Waals surface area contributed by atoms with Crippen molar-refractivity contribution in [2.75, 3.05) is 26.2 Å². The van der Waals surface area contributed by atoms with Crippen molar-refractivity contribution in [3.63, 3.8) is 0 Å². The van der Waals surface area contributed by atoms with E-state index in [0.29, 0.717) is 31.7 Å². The van der Waals surface area contributed by atoms with E-state index >= 15 is 0 Å². The predicted molar refractivity (Wildman–Crippen MR) is 103 cm³/mol. The van der Waals surface area contributed by atoms with E-state index in [1.54, 1.807) is 24.5 Å². The fourth-order valence-electron chi connectivity index (χ4n) is 3.42. The highest BCUT2D eigenvalue weighted by Crippen LogP contribution is 2.26. The van der Waals surface area contributed by atoms with E-state index in [4.69, 9.17) is 16.8 Å². The molecule has 2 aromatic rings. The molecule has 2 amide bonds. The van der Waals surface area contributed by atoms with Gasteiger partial charge < -0.3 is 4.90 Å². The van der Waals surface area contributed by atoms with Gasteiger partial charge in [0.25, 0.3) is 11.8 Å². The lowest BCUT2D eigenvalue weighted by molar-refractivity contribution is -0.135. The summed E-state index contributed by atoms with van der Waals surface area (Å²) in [4.78, 5) is 28.4. The van der Waals surface area contributed by atoms with Crippen LogP contribution in [0.5, 0.6) is 0 Å². The standard InChI is InChI=1S/C20H21ClFN3O3/c1-13-7-8-15(21)16(17(13)22)20(27)25-11-9-24(10-12-25)18(19(26)23-28)14-5-3-2-4-6-14/h2-8,18,28H,9-12H2,1H3,(H,23,26). The zero-order valence-electron chi connectivity index (χ0n) is 15.4. The normalized spacial score (nSPS) is 15.9. The number of benzene rings is 2. The van der Waals surface area contributed by atoms with E-state index in [-0.39, 0.29) is 10.6 Å². The molecule has 6 nitrogen and oxygen atoms in total. The number of hydrogen-bond acceptors (Lipinski definition) is 4. The van der Waals surface area contributed by atoms with Crippen LogP contribution < -0.4 is 5.48 Å². The molecule has 0 radical (unpaired) electrons. The summed E-state index contributed by atoms with van der Waals surface area (Å²) < 4.78 is 14.4.